The SMILES string of the molecule is N#CC1COO1. The van der Waals surface area contributed by atoms with Gasteiger partial charge in [0.1, 0.15) is 12.7 Å². The van der Waals surface area contributed by atoms with Crippen LogP contribution in [0.3, 0.4) is 0 Å². The second-order valence-electron chi connectivity index (χ2n) is 0.998. The molecule has 1 aliphatic heterocycles. The Morgan fingerprint density at radius 1 is 1.83 bits per heavy atom. The smallest absolute Gasteiger partial charge is 0.205 e. The van der Waals surface area contributed by atoms with Crippen LogP contribution in [-0.4, -0.2) is 12.7 Å². The predicted octanol–water partition coefficient (Wildman–Crippen LogP) is -0.160. The number of rotatable bonds is 0. The van der Waals surface area contributed by atoms with Crippen LogP contribution < -0.4 is 0 Å². The number of nitrogens with zero attached hydrogens (tertiary/aromatic N) is 1. The predicted molar refractivity (Wildman–Crippen MR) is 16.4 cm³/mol. The van der Waals surface area contributed by atoms with Crippen molar-refractivity contribution < 1.29 is 9.78 Å². The van der Waals surface area contributed by atoms with Crippen LogP contribution >= 0.6 is 0 Å². The van der Waals surface area contributed by atoms with E-state index < -0.39 is 0 Å². The van der Waals surface area contributed by atoms with Crippen molar-refractivity contribution >= 4 is 0 Å². The van der Waals surface area contributed by atoms with Gasteiger partial charge in [-0.15, -0.1) is 0 Å². The van der Waals surface area contributed by atoms with Gasteiger partial charge in [0.2, 0.25) is 6.10 Å². The lowest BCUT2D eigenvalue weighted by molar-refractivity contribution is -0.408. The summed E-state index contributed by atoms with van der Waals surface area (Å²) in [4.78, 5) is 8.42. The van der Waals surface area contributed by atoms with Gasteiger partial charge in [-0.25, -0.2) is 9.78 Å². The van der Waals surface area contributed by atoms with Gasteiger partial charge in [-0.1, -0.05) is 0 Å². The van der Waals surface area contributed by atoms with Crippen molar-refractivity contribution in [3.63, 3.8) is 0 Å². The fourth-order valence-corrected chi connectivity index (χ4v) is 0.195. The third-order valence-corrected chi connectivity index (χ3v) is 0.548. The molecule has 3 nitrogen and oxygen atoms in total. The first-order valence-electron chi connectivity index (χ1n) is 1.61. The molecule has 0 spiro atoms. The van der Waals surface area contributed by atoms with Crippen LogP contribution in [-0.2, 0) is 9.78 Å². The summed E-state index contributed by atoms with van der Waals surface area (Å²) in [6.07, 6.45) is -0.301. The molecule has 1 heterocycles. The van der Waals surface area contributed by atoms with Gasteiger partial charge in [0.15, 0.2) is 0 Å². The fourth-order valence-electron chi connectivity index (χ4n) is 0.195. The van der Waals surface area contributed by atoms with Gasteiger partial charge in [-0.2, -0.15) is 5.26 Å². The molecule has 6 heavy (non-hydrogen) atoms. The van der Waals surface area contributed by atoms with E-state index in [2.05, 4.69) is 9.78 Å². The Balaban J connectivity index is 2.22. The van der Waals surface area contributed by atoms with Crippen molar-refractivity contribution in [2.75, 3.05) is 6.61 Å². The van der Waals surface area contributed by atoms with E-state index in [1.807, 2.05) is 6.07 Å². The van der Waals surface area contributed by atoms with Crippen LogP contribution in [0.2, 0.25) is 0 Å². The van der Waals surface area contributed by atoms with E-state index in [0.29, 0.717) is 6.61 Å². The van der Waals surface area contributed by atoms with E-state index >= 15 is 0 Å². The number of hydrogen-bond acceptors (Lipinski definition) is 3. The van der Waals surface area contributed by atoms with Gasteiger partial charge < -0.3 is 0 Å². The maximum atomic E-state index is 7.93. The first kappa shape index (κ1) is 3.59. The van der Waals surface area contributed by atoms with Crippen molar-refractivity contribution in [2.24, 2.45) is 0 Å². The van der Waals surface area contributed by atoms with E-state index in [0.717, 1.165) is 0 Å². The summed E-state index contributed by atoms with van der Waals surface area (Å²) in [6, 6.07) is 1.85. The van der Waals surface area contributed by atoms with E-state index in [-0.39, 0.29) is 6.10 Å². The van der Waals surface area contributed by atoms with E-state index in [1.165, 1.54) is 0 Å². The summed E-state index contributed by atoms with van der Waals surface area (Å²) in [7, 11) is 0. The maximum Gasteiger partial charge on any atom is 0.205 e. The van der Waals surface area contributed by atoms with E-state index in [9.17, 15) is 0 Å². The van der Waals surface area contributed by atoms with Gasteiger partial charge in [0.05, 0.1) is 0 Å². The summed E-state index contributed by atoms with van der Waals surface area (Å²) < 4.78 is 0. The molecule has 1 atom stereocenters. The average molecular weight is 85.1 g/mol. The topological polar surface area (TPSA) is 42.2 Å². The molecule has 1 unspecified atom stereocenters. The molecular weight excluding hydrogens is 82.0 g/mol. The highest BCUT2D eigenvalue weighted by atomic mass is 17.2. The Hall–Kier alpha value is -0.590. The molecule has 0 amide bonds. The van der Waals surface area contributed by atoms with Crippen molar-refractivity contribution in [1.82, 2.24) is 0 Å². The minimum atomic E-state index is -0.301. The zero-order valence-corrected chi connectivity index (χ0v) is 3.05. The third kappa shape index (κ3) is 0.361. The van der Waals surface area contributed by atoms with Crippen LogP contribution in [0.5, 0.6) is 0 Å². The molecule has 3 heteroatoms. The molecule has 32 valence electrons. The summed E-state index contributed by atoms with van der Waals surface area (Å²) in [5.41, 5.74) is 0. The average Bonchev–Trinajstić information content (AvgIpc) is 1.31. The quantitative estimate of drug-likeness (QED) is 0.384. The zero-order valence-electron chi connectivity index (χ0n) is 3.05. The summed E-state index contributed by atoms with van der Waals surface area (Å²) in [6.45, 7) is 0.427. The lowest BCUT2D eigenvalue weighted by Gasteiger charge is -2.16. The van der Waals surface area contributed by atoms with Gasteiger partial charge in [0, 0.05) is 0 Å². The van der Waals surface area contributed by atoms with Gasteiger partial charge in [0.25, 0.3) is 0 Å². The molecule has 1 fully saturated rings. The van der Waals surface area contributed by atoms with Crippen LogP contribution in [0.1, 0.15) is 0 Å². The minimum absolute atomic E-state index is 0.301. The second kappa shape index (κ2) is 1.25. The Bertz CT molecular complexity index is 81.3. The largest absolute Gasteiger partial charge is 0.231 e. The third-order valence-electron chi connectivity index (χ3n) is 0.548. The second-order valence-corrected chi connectivity index (χ2v) is 0.998. The Morgan fingerprint density at radius 3 is 2.50 bits per heavy atom. The molecule has 0 aromatic heterocycles. The molecule has 0 aliphatic carbocycles. The van der Waals surface area contributed by atoms with Crippen LogP contribution in [0, 0.1) is 11.3 Å². The molecule has 0 aromatic carbocycles. The van der Waals surface area contributed by atoms with Crippen molar-refractivity contribution in [2.45, 2.75) is 6.10 Å². The van der Waals surface area contributed by atoms with Gasteiger partial charge >= 0.3 is 0 Å². The molecule has 0 bridgehead atoms. The normalized spacial score (nSPS) is 30.8. The van der Waals surface area contributed by atoms with Gasteiger partial charge in [-0.05, 0) is 0 Å². The molecule has 0 aromatic rings. The van der Waals surface area contributed by atoms with Crippen LogP contribution in [0.4, 0.5) is 0 Å². The van der Waals surface area contributed by atoms with Crippen LogP contribution in [0.15, 0.2) is 0 Å². The lowest BCUT2D eigenvalue weighted by Crippen LogP contribution is -2.28. The minimum Gasteiger partial charge on any atom is -0.231 e. The molecule has 0 saturated carbocycles. The van der Waals surface area contributed by atoms with Crippen LogP contribution in [0.25, 0.3) is 0 Å². The number of nitriles is 1. The Morgan fingerprint density at radius 2 is 2.50 bits per heavy atom. The summed E-state index contributed by atoms with van der Waals surface area (Å²) >= 11 is 0. The fraction of sp³-hybridized carbons (Fsp3) is 0.667. The molecule has 0 radical (unpaired) electrons. The lowest BCUT2D eigenvalue weighted by atomic mass is 10.4. The summed E-state index contributed by atoms with van der Waals surface area (Å²) in [5, 5.41) is 7.93. The molecule has 1 aliphatic rings. The molecular formula is C3H3NO2. The monoisotopic (exact) mass is 85.0 g/mol. The maximum absolute atomic E-state index is 7.93. The van der Waals surface area contributed by atoms with E-state index in [4.69, 9.17) is 5.26 Å². The standard InChI is InChI=1S/C3H3NO2/c4-1-3-2-5-6-3/h3H,2H2. The number of hydrogen-bond donors (Lipinski definition) is 0. The van der Waals surface area contributed by atoms with Crippen molar-refractivity contribution in [3.8, 4) is 6.07 Å². The van der Waals surface area contributed by atoms with Gasteiger partial charge in [-0.3, -0.25) is 0 Å². The van der Waals surface area contributed by atoms with E-state index in [1.54, 1.807) is 0 Å². The molecule has 1 saturated heterocycles. The van der Waals surface area contributed by atoms with Crippen molar-refractivity contribution in [1.29, 1.82) is 5.26 Å². The first-order valence-corrected chi connectivity index (χ1v) is 1.61. The van der Waals surface area contributed by atoms with Crippen molar-refractivity contribution in [3.05, 3.63) is 0 Å². The highest BCUT2D eigenvalue weighted by Gasteiger charge is 2.18. The Kier molecular flexibility index (Phi) is 0.748. The molecule has 0 N–H and O–H groups in total. The first-order chi connectivity index (χ1) is 2.93. The highest BCUT2D eigenvalue weighted by Crippen LogP contribution is 2.02. The zero-order chi connectivity index (χ0) is 4.41. The highest BCUT2D eigenvalue weighted by molar-refractivity contribution is 4.84. The molecule has 1 rings (SSSR count). The Labute approximate surface area is 35.0 Å². The summed E-state index contributed by atoms with van der Waals surface area (Å²) in [5.74, 6) is 0.